The highest BCUT2D eigenvalue weighted by Crippen LogP contribution is 2.17. The molecule has 0 fully saturated rings. The van der Waals surface area contributed by atoms with E-state index in [0.29, 0.717) is 11.9 Å². The highest BCUT2D eigenvalue weighted by atomic mass is 79.9. The lowest BCUT2D eigenvalue weighted by atomic mass is 9.93. The van der Waals surface area contributed by atoms with Crippen molar-refractivity contribution in [2.75, 3.05) is 7.11 Å². The lowest BCUT2D eigenvalue weighted by molar-refractivity contribution is 0.0599. The molecule has 0 heterocycles. The number of carbonyl (C=O) groups is 1. The average molecular weight is 239 g/mol. The van der Waals surface area contributed by atoms with E-state index in [2.05, 4.69) is 20.7 Å². The van der Waals surface area contributed by atoms with Gasteiger partial charge >= 0.3 is 5.97 Å². The van der Waals surface area contributed by atoms with E-state index in [1.165, 1.54) is 7.11 Å². The Morgan fingerprint density at radius 3 is 2.85 bits per heavy atom. The summed E-state index contributed by atoms with van der Waals surface area (Å²) < 4.78 is 5.46. The average Bonchev–Trinajstić information content (AvgIpc) is 2.16. The lowest BCUT2D eigenvalue weighted by Gasteiger charge is -2.05. The van der Waals surface area contributed by atoms with Gasteiger partial charge in [-0.2, -0.15) is 0 Å². The van der Waals surface area contributed by atoms with Crippen LogP contribution in [0.4, 0.5) is 0 Å². The highest BCUT2D eigenvalue weighted by molar-refractivity contribution is 9.10. The molecule has 0 aliphatic carbocycles. The van der Waals surface area contributed by atoms with Crippen molar-refractivity contribution in [2.45, 2.75) is 6.32 Å². The van der Waals surface area contributed by atoms with Gasteiger partial charge in [0.05, 0.1) is 20.5 Å². The first kappa shape index (κ1) is 10.3. The number of ether oxygens (including phenoxy) is 1. The zero-order valence-electron chi connectivity index (χ0n) is 7.21. The molecule has 0 saturated carbocycles. The minimum Gasteiger partial charge on any atom is -0.465 e. The zero-order valence-corrected chi connectivity index (χ0v) is 8.80. The van der Waals surface area contributed by atoms with E-state index >= 15 is 0 Å². The third-order valence-corrected chi connectivity index (χ3v) is 2.19. The van der Waals surface area contributed by atoms with Crippen molar-refractivity contribution in [3.05, 3.63) is 33.8 Å². The standard InChI is InChI=1S/C9H8BBrO2/c1-13-9(12)8-4-7(11)3-2-6(8)5-10/h2-4H,5H2,1H3. The summed E-state index contributed by atoms with van der Waals surface area (Å²) in [6.45, 7) is 0. The van der Waals surface area contributed by atoms with Gasteiger partial charge in [0.1, 0.15) is 0 Å². The van der Waals surface area contributed by atoms with Crippen LogP contribution in [0.5, 0.6) is 0 Å². The smallest absolute Gasteiger partial charge is 0.338 e. The van der Waals surface area contributed by atoms with E-state index in [9.17, 15) is 4.79 Å². The van der Waals surface area contributed by atoms with Gasteiger partial charge in [-0.25, -0.2) is 4.79 Å². The summed E-state index contributed by atoms with van der Waals surface area (Å²) in [5, 5.41) is 0. The number of methoxy groups -OCH3 is 1. The summed E-state index contributed by atoms with van der Waals surface area (Å²) in [7, 11) is 6.82. The fraction of sp³-hybridized carbons (Fsp3) is 0.222. The maximum Gasteiger partial charge on any atom is 0.338 e. The summed E-state index contributed by atoms with van der Waals surface area (Å²) in [5.74, 6) is -0.359. The molecule has 1 rings (SSSR count). The Labute approximate surface area is 86.8 Å². The first-order valence-electron chi connectivity index (χ1n) is 3.76. The molecule has 0 aliphatic heterocycles. The molecule has 0 amide bonds. The summed E-state index contributed by atoms with van der Waals surface area (Å²) >= 11 is 3.27. The monoisotopic (exact) mass is 238 g/mol. The van der Waals surface area contributed by atoms with Gasteiger partial charge in [0.15, 0.2) is 0 Å². The van der Waals surface area contributed by atoms with Gasteiger partial charge in [-0.15, -0.1) is 0 Å². The molecule has 0 atom stereocenters. The van der Waals surface area contributed by atoms with Crippen LogP contribution in [-0.4, -0.2) is 20.9 Å². The Balaban J connectivity index is 3.15. The topological polar surface area (TPSA) is 26.3 Å². The Bertz CT molecular complexity index is 325. The van der Waals surface area contributed by atoms with Gasteiger partial charge in [-0.05, 0) is 17.7 Å². The fourth-order valence-corrected chi connectivity index (χ4v) is 1.39. The molecular weight excluding hydrogens is 231 g/mol. The maximum absolute atomic E-state index is 11.2. The molecule has 2 nitrogen and oxygen atoms in total. The summed E-state index contributed by atoms with van der Waals surface area (Å²) in [6.07, 6.45) is 0.331. The van der Waals surface area contributed by atoms with Crippen molar-refractivity contribution in [3.8, 4) is 0 Å². The van der Waals surface area contributed by atoms with Crippen molar-refractivity contribution in [2.24, 2.45) is 0 Å². The second-order valence-electron chi connectivity index (χ2n) is 2.50. The first-order valence-corrected chi connectivity index (χ1v) is 4.55. The van der Waals surface area contributed by atoms with E-state index < -0.39 is 0 Å². The molecule has 0 aliphatic rings. The van der Waals surface area contributed by atoms with Gasteiger partial charge < -0.3 is 4.74 Å². The normalized spacial score (nSPS) is 9.69. The molecule has 0 unspecified atom stereocenters. The largest absolute Gasteiger partial charge is 0.465 e. The molecule has 2 radical (unpaired) electrons. The Hall–Kier alpha value is -0.765. The first-order chi connectivity index (χ1) is 6.19. The van der Waals surface area contributed by atoms with Crippen molar-refractivity contribution in [3.63, 3.8) is 0 Å². The van der Waals surface area contributed by atoms with Crippen LogP contribution in [0.15, 0.2) is 22.7 Å². The van der Waals surface area contributed by atoms with Crippen LogP contribution in [-0.2, 0) is 11.1 Å². The molecule has 66 valence electrons. The van der Waals surface area contributed by atoms with Crippen LogP contribution < -0.4 is 0 Å². The molecular formula is C9H8BBrO2. The third kappa shape index (κ3) is 2.34. The van der Waals surface area contributed by atoms with Crippen LogP contribution in [0.3, 0.4) is 0 Å². The third-order valence-electron chi connectivity index (χ3n) is 1.70. The van der Waals surface area contributed by atoms with Crippen LogP contribution in [0.25, 0.3) is 0 Å². The minimum atomic E-state index is -0.359. The molecule has 13 heavy (non-hydrogen) atoms. The van der Waals surface area contributed by atoms with Crippen molar-refractivity contribution < 1.29 is 9.53 Å². The van der Waals surface area contributed by atoms with Crippen LogP contribution in [0, 0.1) is 0 Å². The molecule has 1 aromatic rings. The van der Waals surface area contributed by atoms with E-state index in [0.717, 1.165) is 10.0 Å². The highest BCUT2D eigenvalue weighted by Gasteiger charge is 2.10. The van der Waals surface area contributed by atoms with Gasteiger partial charge in [-0.3, -0.25) is 0 Å². The number of hydrogen-bond donors (Lipinski definition) is 0. The summed E-state index contributed by atoms with van der Waals surface area (Å²) in [6, 6.07) is 5.35. The number of halogens is 1. The van der Waals surface area contributed by atoms with Crippen LogP contribution in [0.2, 0.25) is 0 Å². The van der Waals surface area contributed by atoms with Crippen LogP contribution in [0.1, 0.15) is 15.9 Å². The van der Waals surface area contributed by atoms with E-state index in [1.54, 1.807) is 12.1 Å². The van der Waals surface area contributed by atoms with Gasteiger partial charge in [0, 0.05) is 4.47 Å². The molecule has 0 bridgehead atoms. The van der Waals surface area contributed by atoms with Crippen molar-refractivity contribution in [1.29, 1.82) is 0 Å². The number of esters is 1. The van der Waals surface area contributed by atoms with Gasteiger partial charge in [0.2, 0.25) is 0 Å². The second-order valence-corrected chi connectivity index (χ2v) is 3.41. The predicted octanol–water partition coefficient (Wildman–Crippen LogP) is 1.90. The quantitative estimate of drug-likeness (QED) is 0.581. The molecule has 0 saturated heterocycles. The Morgan fingerprint density at radius 1 is 1.62 bits per heavy atom. The fourth-order valence-electron chi connectivity index (χ4n) is 1.03. The number of benzene rings is 1. The molecule has 1 aromatic carbocycles. The maximum atomic E-state index is 11.2. The summed E-state index contributed by atoms with van der Waals surface area (Å²) in [4.78, 5) is 11.2. The minimum absolute atomic E-state index is 0.331. The van der Waals surface area contributed by atoms with E-state index in [1.807, 2.05) is 6.07 Å². The molecule has 4 heteroatoms. The molecule has 0 N–H and O–H groups in total. The number of hydrogen-bond acceptors (Lipinski definition) is 2. The zero-order chi connectivity index (χ0) is 9.84. The predicted molar refractivity (Wildman–Crippen MR) is 54.9 cm³/mol. The SMILES string of the molecule is [B]Cc1ccc(Br)cc1C(=O)OC. The van der Waals surface area contributed by atoms with Crippen LogP contribution >= 0.6 is 15.9 Å². The van der Waals surface area contributed by atoms with Gasteiger partial charge in [0.25, 0.3) is 0 Å². The second kappa shape index (κ2) is 4.47. The Kier molecular flexibility index (Phi) is 3.54. The van der Waals surface area contributed by atoms with Crippen molar-refractivity contribution >= 4 is 29.7 Å². The van der Waals surface area contributed by atoms with E-state index in [4.69, 9.17) is 7.85 Å². The lowest BCUT2D eigenvalue weighted by Crippen LogP contribution is -2.05. The molecule has 0 spiro atoms. The molecule has 0 aromatic heterocycles. The number of carbonyl (C=O) groups excluding carboxylic acids is 1. The van der Waals surface area contributed by atoms with Crippen molar-refractivity contribution in [1.82, 2.24) is 0 Å². The number of rotatable bonds is 2. The summed E-state index contributed by atoms with van der Waals surface area (Å²) in [5.41, 5.74) is 1.30. The van der Waals surface area contributed by atoms with E-state index in [-0.39, 0.29) is 5.97 Å². The van der Waals surface area contributed by atoms with Gasteiger partial charge in [-0.1, -0.05) is 28.3 Å². The Morgan fingerprint density at radius 2 is 2.31 bits per heavy atom.